The maximum atomic E-state index is 14.0. The zero-order valence-electron chi connectivity index (χ0n) is 15.4. The van der Waals surface area contributed by atoms with Crippen molar-refractivity contribution in [1.82, 2.24) is 4.31 Å². The number of benzene rings is 2. The van der Waals surface area contributed by atoms with Gasteiger partial charge in [-0.25, -0.2) is 17.2 Å². The molecule has 0 saturated carbocycles. The number of carbonyl (C=O) groups is 1. The predicted octanol–water partition coefficient (Wildman–Crippen LogP) is 4.62. The smallest absolute Gasteiger partial charge is 0.257 e. The third-order valence-electron chi connectivity index (χ3n) is 4.43. The summed E-state index contributed by atoms with van der Waals surface area (Å²) < 4.78 is 59.6. The molecule has 2 aromatic rings. The molecule has 3 rings (SSSR count). The topological polar surface area (TPSA) is 75.7 Å². The number of amides is 1. The van der Waals surface area contributed by atoms with E-state index in [0.29, 0.717) is 0 Å². The molecule has 1 N–H and O–H groups in total. The van der Waals surface area contributed by atoms with Crippen LogP contribution in [0.4, 0.5) is 14.5 Å². The molecule has 12 heteroatoms. The zero-order valence-corrected chi connectivity index (χ0v) is 19.4. The van der Waals surface area contributed by atoms with Crippen molar-refractivity contribution in [1.29, 1.82) is 0 Å². The first kappa shape index (κ1) is 23.4. The van der Waals surface area contributed by atoms with E-state index in [4.69, 9.17) is 27.9 Å². The molecule has 0 unspecified atom stereocenters. The van der Waals surface area contributed by atoms with Crippen LogP contribution in [0.15, 0.2) is 27.6 Å². The van der Waals surface area contributed by atoms with E-state index in [0.717, 1.165) is 12.1 Å². The van der Waals surface area contributed by atoms with Gasteiger partial charge < -0.3 is 10.1 Å². The monoisotopic (exact) mass is 542 g/mol. The second kappa shape index (κ2) is 9.05. The molecule has 1 heterocycles. The number of nitrogens with zero attached hydrogens (tertiary/aromatic N) is 1. The molecule has 0 bridgehead atoms. The van der Waals surface area contributed by atoms with Crippen LogP contribution in [0, 0.1) is 18.6 Å². The van der Waals surface area contributed by atoms with Gasteiger partial charge in [-0.2, -0.15) is 4.31 Å². The third-order valence-corrected chi connectivity index (χ3v) is 7.88. The lowest BCUT2D eigenvalue weighted by Gasteiger charge is -2.26. The summed E-state index contributed by atoms with van der Waals surface area (Å²) >= 11 is 15.1. The van der Waals surface area contributed by atoms with Crippen LogP contribution in [0.3, 0.4) is 0 Å². The first-order valence-electron chi connectivity index (χ1n) is 8.56. The van der Waals surface area contributed by atoms with Crippen molar-refractivity contribution in [2.75, 3.05) is 31.6 Å². The minimum Gasteiger partial charge on any atom is -0.379 e. The number of hydrogen-bond acceptors (Lipinski definition) is 4. The molecule has 162 valence electrons. The number of hydrogen-bond donors (Lipinski definition) is 1. The van der Waals surface area contributed by atoms with Gasteiger partial charge in [0.2, 0.25) is 10.0 Å². The Bertz CT molecular complexity index is 1130. The maximum Gasteiger partial charge on any atom is 0.257 e. The number of halogens is 5. The summed E-state index contributed by atoms with van der Waals surface area (Å²) in [7, 11) is -4.00. The van der Waals surface area contributed by atoms with E-state index in [1.54, 1.807) is 0 Å². The van der Waals surface area contributed by atoms with Crippen molar-refractivity contribution in [2.45, 2.75) is 11.8 Å². The molecule has 0 spiro atoms. The van der Waals surface area contributed by atoms with Crippen LogP contribution in [0.1, 0.15) is 15.9 Å². The Morgan fingerprint density at radius 1 is 1.13 bits per heavy atom. The van der Waals surface area contributed by atoms with Gasteiger partial charge in [0.25, 0.3) is 5.91 Å². The highest BCUT2D eigenvalue weighted by Gasteiger charge is 2.30. The van der Waals surface area contributed by atoms with Crippen molar-refractivity contribution >= 4 is 60.7 Å². The first-order chi connectivity index (χ1) is 14.0. The van der Waals surface area contributed by atoms with Crippen LogP contribution in [0.5, 0.6) is 0 Å². The second-order valence-electron chi connectivity index (χ2n) is 6.42. The Morgan fingerprint density at radius 3 is 2.40 bits per heavy atom. The molecule has 6 nitrogen and oxygen atoms in total. The number of sulfonamides is 1. The molecular weight excluding hydrogens is 529 g/mol. The van der Waals surface area contributed by atoms with E-state index in [1.807, 2.05) is 0 Å². The molecule has 0 aromatic heterocycles. The van der Waals surface area contributed by atoms with Gasteiger partial charge in [0.1, 0.15) is 4.90 Å². The van der Waals surface area contributed by atoms with Crippen LogP contribution in [0.2, 0.25) is 10.0 Å². The summed E-state index contributed by atoms with van der Waals surface area (Å²) in [5.41, 5.74) is -0.258. The number of anilines is 1. The molecule has 1 saturated heterocycles. The SMILES string of the molecule is Cc1cc(NC(=O)c2cc(S(=O)(=O)N3CCOCC3)c(Cl)cc2Cl)c(Br)c(F)c1F. The van der Waals surface area contributed by atoms with Gasteiger partial charge in [-0.1, -0.05) is 23.2 Å². The van der Waals surface area contributed by atoms with Crippen molar-refractivity contribution in [3.8, 4) is 0 Å². The first-order valence-corrected chi connectivity index (χ1v) is 11.5. The predicted molar refractivity (Wildman–Crippen MR) is 113 cm³/mol. The Kier molecular flexibility index (Phi) is 7.05. The van der Waals surface area contributed by atoms with Gasteiger partial charge in [0.15, 0.2) is 11.6 Å². The molecule has 1 aliphatic heterocycles. The molecule has 30 heavy (non-hydrogen) atoms. The molecular formula is C18H15BrCl2F2N2O4S. The van der Waals surface area contributed by atoms with E-state index in [-0.39, 0.29) is 62.5 Å². The molecule has 0 atom stereocenters. The van der Waals surface area contributed by atoms with Crippen molar-refractivity contribution < 1.29 is 26.7 Å². The van der Waals surface area contributed by atoms with Gasteiger partial charge in [-0.15, -0.1) is 0 Å². The fourth-order valence-electron chi connectivity index (χ4n) is 2.84. The van der Waals surface area contributed by atoms with Crippen molar-refractivity contribution in [2.24, 2.45) is 0 Å². The van der Waals surface area contributed by atoms with Gasteiger partial charge >= 0.3 is 0 Å². The van der Waals surface area contributed by atoms with Gasteiger partial charge in [0, 0.05) is 13.1 Å². The fourth-order valence-corrected chi connectivity index (χ4v) is 5.47. The largest absolute Gasteiger partial charge is 0.379 e. The van der Waals surface area contributed by atoms with Crippen molar-refractivity contribution in [3.05, 3.63) is 55.5 Å². The zero-order chi connectivity index (χ0) is 22.2. The Balaban J connectivity index is 1.99. The van der Waals surface area contributed by atoms with Crippen LogP contribution >= 0.6 is 39.1 Å². The van der Waals surface area contributed by atoms with E-state index < -0.39 is 27.6 Å². The number of rotatable bonds is 4. The minimum absolute atomic E-state index is 0.0243. The molecule has 2 aromatic carbocycles. The second-order valence-corrected chi connectivity index (χ2v) is 9.93. The maximum absolute atomic E-state index is 14.0. The lowest BCUT2D eigenvalue weighted by molar-refractivity contribution is 0.0730. The Morgan fingerprint density at radius 2 is 1.77 bits per heavy atom. The highest BCUT2D eigenvalue weighted by molar-refractivity contribution is 9.10. The van der Waals surface area contributed by atoms with E-state index in [1.165, 1.54) is 17.3 Å². The Hall–Kier alpha value is -1.30. The van der Waals surface area contributed by atoms with Crippen LogP contribution in [0.25, 0.3) is 0 Å². The third kappa shape index (κ3) is 4.49. The lowest BCUT2D eigenvalue weighted by atomic mass is 10.1. The Labute approximate surface area is 190 Å². The summed E-state index contributed by atoms with van der Waals surface area (Å²) in [6, 6.07) is 3.44. The number of aryl methyl sites for hydroxylation is 1. The molecule has 1 fully saturated rings. The van der Waals surface area contributed by atoms with E-state index in [2.05, 4.69) is 21.2 Å². The number of morpholine rings is 1. The summed E-state index contributed by atoms with van der Waals surface area (Å²) in [5, 5.41) is 2.16. The lowest BCUT2D eigenvalue weighted by Crippen LogP contribution is -2.40. The molecule has 1 amide bonds. The summed E-state index contributed by atoms with van der Waals surface area (Å²) in [6.45, 7) is 2.10. The average Bonchev–Trinajstić information content (AvgIpc) is 2.70. The van der Waals surface area contributed by atoms with Gasteiger partial charge in [-0.05, 0) is 46.6 Å². The van der Waals surface area contributed by atoms with E-state index in [9.17, 15) is 22.0 Å². The van der Waals surface area contributed by atoms with Crippen molar-refractivity contribution in [3.63, 3.8) is 0 Å². The summed E-state index contributed by atoms with van der Waals surface area (Å²) in [6.07, 6.45) is 0. The standard InChI is InChI=1S/C18H15BrCl2F2N2O4S/c1-9-6-13(15(19)17(23)16(9)22)24-18(26)10-7-14(12(21)8-11(10)20)30(27,28)25-2-4-29-5-3-25/h6-8H,2-5H2,1H3,(H,24,26). The van der Waals surface area contributed by atoms with Crippen LogP contribution in [-0.2, 0) is 14.8 Å². The van der Waals surface area contributed by atoms with Crippen LogP contribution < -0.4 is 5.32 Å². The normalized spacial score (nSPS) is 15.3. The molecule has 0 radical (unpaired) electrons. The minimum atomic E-state index is -4.00. The average molecular weight is 544 g/mol. The molecule has 0 aliphatic carbocycles. The highest BCUT2D eigenvalue weighted by Crippen LogP contribution is 2.33. The van der Waals surface area contributed by atoms with Crippen LogP contribution in [-0.4, -0.2) is 44.9 Å². The number of nitrogens with one attached hydrogen (secondary N) is 1. The van der Waals surface area contributed by atoms with E-state index >= 15 is 0 Å². The summed E-state index contributed by atoms with van der Waals surface area (Å²) in [5.74, 6) is -3.03. The number of carbonyl (C=O) groups excluding carboxylic acids is 1. The highest BCUT2D eigenvalue weighted by atomic mass is 79.9. The summed E-state index contributed by atoms with van der Waals surface area (Å²) in [4.78, 5) is 12.5. The number of ether oxygens (including phenoxy) is 1. The fraction of sp³-hybridized carbons (Fsp3) is 0.278. The van der Waals surface area contributed by atoms with Gasteiger partial charge in [-0.3, -0.25) is 4.79 Å². The quantitative estimate of drug-likeness (QED) is 0.571. The van der Waals surface area contributed by atoms with Gasteiger partial charge in [0.05, 0.1) is 39.0 Å². The molecule has 1 aliphatic rings.